The van der Waals surface area contributed by atoms with E-state index >= 15 is 0 Å². The zero-order valence-electron chi connectivity index (χ0n) is 12.5. The Morgan fingerprint density at radius 3 is 2.76 bits per heavy atom. The summed E-state index contributed by atoms with van der Waals surface area (Å²) < 4.78 is 5.23. The third-order valence-electron chi connectivity index (χ3n) is 4.83. The number of aliphatic hydroxyl groups is 1. The lowest BCUT2D eigenvalue weighted by Crippen LogP contribution is -2.30. The molecule has 116 valence electrons. The molecule has 6 heteroatoms. The third kappa shape index (κ3) is 3.10. The number of nitrogens with zero attached hydrogens (tertiary/aromatic N) is 3. The molecule has 2 fully saturated rings. The summed E-state index contributed by atoms with van der Waals surface area (Å²) in [6.45, 7) is 2.99. The van der Waals surface area contributed by atoms with Crippen molar-refractivity contribution >= 4 is 5.91 Å². The largest absolute Gasteiger partial charge is 0.396 e. The fourth-order valence-corrected chi connectivity index (χ4v) is 3.59. The molecule has 6 nitrogen and oxygen atoms in total. The summed E-state index contributed by atoms with van der Waals surface area (Å²) >= 11 is 0. The molecular formula is C15H23N3O3. The average molecular weight is 293 g/mol. The minimum atomic E-state index is -0.0382. The van der Waals surface area contributed by atoms with Gasteiger partial charge >= 0.3 is 0 Å². The minimum absolute atomic E-state index is 0.00243. The number of aliphatic hydroxyl groups excluding tert-OH is 1. The predicted octanol–water partition coefficient (Wildman–Crippen LogP) is 1.49. The van der Waals surface area contributed by atoms with Crippen molar-refractivity contribution in [2.45, 2.75) is 44.9 Å². The van der Waals surface area contributed by atoms with E-state index in [0.29, 0.717) is 37.1 Å². The Kier molecular flexibility index (Phi) is 4.24. The fourth-order valence-electron chi connectivity index (χ4n) is 3.59. The van der Waals surface area contributed by atoms with Gasteiger partial charge in [0, 0.05) is 32.0 Å². The van der Waals surface area contributed by atoms with Crippen LogP contribution in [0.2, 0.25) is 0 Å². The highest BCUT2D eigenvalue weighted by Gasteiger charge is 2.39. The number of carbonyl (C=O) groups is 1. The maximum absolute atomic E-state index is 12.4. The quantitative estimate of drug-likeness (QED) is 0.910. The van der Waals surface area contributed by atoms with Gasteiger partial charge in [0.15, 0.2) is 5.82 Å². The molecule has 21 heavy (non-hydrogen) atoms. The van der Waals surface area contributed by atoms with E-state index < -0.39 is 0 Å². The molecule has 0 spiro atoms. The van der Waals surface area contributed by atoms with Crippen LogP contribution in [0.4, 0.5) is 0 Å². The number of rotatable bonds is 4. The molecule has 2 atom stereocenters. The Balaban J connectivity index is 1.64. The maximum Gasteiger partial charge on any atom is 0.231 e. The van der Waals surface area contributed by atoms with Gasteiger partial charge in [-0.15, -0.1) is 0 Å². The number of aryl methyl sites for hydroxylation is 1. The topological polar surface area (TPSA) is 79.5 Å². The van der Waals surface area contributed by atoms with Crippen molar-refractivity contribution in [1.82, 2.24) is 15.0 Å². The molecular weight excluding hydrogens is 270 g/mol. The van der Waals surface area contributed by atoms with E-state index in [-0.39, 0.29) is 24.3 Å². The van der Waals surface area contributed by atoms with Gasteiger partial charge in [-0.25, -0.2) is 0 Å². The molecule has 1 aliphatic heterocycles. The zero-order chi connectivity index (χ0) is 14.8. The SMILES string of the molecule is Cc1noc([C@@H]2CN(C(=O)CC3CCCC3)C[C@H]2CO)n1. The monoisotopic (exact) mass is 293 g/mol. The summed E-state index contributed by atoms with van der Waals surface area (Å²) in [5, 5.41) is 13.4. The zero-order valence-corrected chi connectivity index (χ0v) is 12.5. The summed E-state index contributed by atoms with van der Waals surface area (Å²) in [5.41, 5.74) is 0. The molecule has 1 aromatic rings. The van der Waals surface area contributed by atoms with Crippen LogP contribution in [0, 0.1) is 18.8 Å². The first kappa shape index (κ1) is 14.5. The number of amides is 1. The molecule has 0 bridgehead atoms. The second kappa shape index (κ2) is 6.13. The molecule has 2 heterocycles. The predicted molar refractivity (Wildman–Crippen MR) is 75.5 cm³/mol. The van der Waals surface area contributed by atoms with Crippen molar-refractivity contribution < 1.29 is 14.4 Å². The molecule has 1 amide bonds. The lowest BCUT2D eigenvalue weighted by Gasteiger charge is -2.18. The minimum Gasteiger partial charge on any atom is -0.396 e. The lowest BCUT2D eigenvalue weighted by molar-refractivity contribution is -0.131. The first-order valence-electron chi connectivity index (χ1n) is 7.86. The van der Waals surface area contributed by atoms with Gasteiger partial charge in [0.25, 0.3) is 0 Å². The molecule has 2 aliphatic rings. The van der Waals surface area contributed by atoms with E-state index in [1.807, 2.05) is 4.90 Å². The van der Waals surface area contributed by atoms with Crippen molar-refractivity contribution in [3.05, 3.63) is 11.7 Å². The van der Waals surface area contributed by atoms with Crippen LogP contribution in [0.3, 0.4) is 0 Å². The third-order valence-corrected chi connectivity index (χ3v) is 4.83. The Morgan fingerprint density at radius 2 is 2.14 bits per heavy atom. The van der Waals surface area contributed by atoms with Crippen LogP contribution in [0.1, 0.15) is 49.7 Å². The van der Waals surface area contributed by atoms with Crippen LogP contribution < -0.4 is 0 Å². The van der Waals surface area contributed by atoms with Crippen LogP contribution in [0.25, 0.3) is 0 Å². The van der Waals surface area contributed by atoms with Crippen LogP contribution in [0.15, 0.2) is 4.52 Å². The average Bonchev–Trinajstić information content (AvgIpc) is 3.17. The van der Waals surface area contributed by atoms with Crippen molar-refractivity contribution in [3.63, 3.8) is 0 Å². The van der Waals surface area contributed by atoms with E-state index in [2.05, 4.69) is 10.1 Å². The van der Waals surface area contributed by atoms with Crippen molar-refractivity contribution in [1.29, 1.82) is 0 Å². The molecule has 1 saturated carbocycles. The summed E-state index contributed by atoms with van der Waals surface area (Å²) in [5.74, 6) is 1.86. The molecule has 0 unspecified atom stereocenters. The summed E-state index contributed by atoms with van der Waals surface area (Å²) in [6, 6.07) is 0. The fraction of sp³-hybridized carbons (Fsp3) is 0.800. The molecule has 1 aliphatic carbocycles. The van der Waals surface area contributed by atoms with E-state index in [1.54, 1.807) is 6.92 Å². The first-order valence-corrected chi connectivity index (χ1v) is 7.86. The van der Waals surface area contributed by atoms with E-state index in [4.69, 9.17) is 4.52 Å². The highest BCUT2D eigenvalue weighted by atomic mass is 16.5. The molecule has 3 rings (SSSR count). The maximum atomic E-state index is 12.4. The van der Waals surface area contributed by atoms with Gasteiger partial charge in [0.05, 0.1) is 5.92 Å². The number of carbonyl (C=O) groups excluding carboxylic acids is 1. The van der Waals surface area contributed by atoms with Crippen LogP contribution in [0.5, 0.6) is 0 Å². The Labute approximate surface area is 124 Å². The molecule has 1 N–H and O–H groups in total. The van der Waals surface area contributed by atoms with Crippen LogP contribution >= 0.6 is 0 Å². The van der Waals surface area contributed by atoms with Crippen molar-refractivity contribution in [2.75, 3.05) is 19.7 Å². The van der Waals surface area contributed by atoms with E-state index in [9.17, 15) is 9.90 Å². The van der Waals surface area contributed by atoms with Crippen LogP contribution in [-0.4, -0.2) is 45.8 Å². The number of hydrogen-bond donors (Lipinski definition) is 1. The molecule has 0 radical (unpaired) electrons. The Hall–Kier alpha value is -1.43. The lowest BCUT2D eigenvalue weighted by atomic mass is 9.97. The number of hydrogen-bond acceptors (Lipinski definition) is 5. The highest BCUT2D eigenvalue weighted by molar-refractivity contribution is 5.77. The van der Waals surface area contributed by atoms with Crippen LogP contribution in [-0.2, 0) is 4.79 Å². The van der Waals surface area contributed by atoms with Gasteiger partial charge in [0.2, 0.25) is 11.8 Å². The standard InChI is InChI=1S/C15H23N3O3/c1-10-16-15(21-17-10)13-8-18(7-12(13)9-19)14(20)6-11-4-2-3-5-11/h11-13,19H,2-9H2,1H3/t12-,13+/m0/s1. The Bertz CT molecular complexity index is 496. The second-order valence-corrected chi connectivity index (χ2v) is 6.38. The van der Waals surface area contributed by atoms with E-state index in [1.165, 1.54) is 25.7 Å². The Morgan fingerprint density at radius 1 is 1.38 bits per heavy atom. The van der Waals surface area contributed by atoms with Gasteiger partial charge in [-0.05, 0) is 25.7 Å². The highest BCUT2D eigenvalue weighted by Crippen LogP contribution is 2.34. The smallest absolute Gasteiger partial charge is 0.231 e. The van der Waals surface area contributed by atoms with E-state index in [0.717, 1.165) is 0 Å². The van der Waals surface area contributed by atoms with Crippen molar-refractivity contribution in [3.8, 4) is 0 Å². The van der Waals surface area contributed by atoms with Gasteiger partial charge < -0.3 is 14.5 Å². The second-order valence-electron chi connectivity index (χ2n) is 6.38. The van der Waals surface area contributed by atoms with Gasteiger partial charge in [-0.1, -0.05) is 18.0 Å². The van der Waals surface area contributed by atoms with Gasteiger partial charge in [-0.3, -0.25) is 4.79 Å². The van der Waals surface area contributed by atoms with Gasteiger partial charge in [0.1, 0.15) is 0 Å². The molecule has 1 aromatic heterocycles. The molecule has 1 saturated heterocycles. The first-order chi connectivity index (χ1) is 10.2. The van der Waals surface area contributed by atoms with Crippen molar-refractivity contribution in [2.24, 2.45) is 11.8 Å². The number of aromatic nitrogens is 2. The summed E-state index contributed by atoms with van der Waals surface area (Å²) in [4.78, 5) is 18.5. The summed E-state index contributed by atoms with van der Waals surface area (Å²) in [7, 11) is 0. The molecule has 0 aromatic carbocycles. The van der Waals surface area contributed by atoms with Gasteiger partial charge in [-0.2, -0.15) is 4.98 Å². The normalized spacial score (nSPS) is 26.7. The summed E-state index contributed by atoms with van der Waals surface area (Å²) in [6.07, 6.45) is 5.50. The number of likely N-dealkylation sites (tertiary alicyclic amines) is 1.